The van der Waals surface area contributed by atoms with E-state index >= 15 is 0 Å². The number of hydrogen-bond acceptors (Lipinski definition) is 3. The van der Waals surface area contributed by atoms with Crippen LogP contribution in [0.5, 0.6) is 0 Å². The number of aliphatic imine (C=N–C) groups is 1. The fraction of sp³-hybridized carbons (Fsp3) is 0.348. The summed E-state index contributed by atoms with van der Waals surface area (Å²) in [4.78, 5) is 32.3. The number of benzene rings is 2. The van der Waals surface area contributed by atoms with Gasteiger partial charge in [-0.05, 0) is 55.0 Å². The molecule has 1 fully saturated rings. The van der Waals surface area contributed by atoms with Gasteiger partial charge in [0.1, 0.15) is 6.54 Å². The summed E-state index contributed by atoms with van der Waals surface area (Å²) < 4.78 is 0. The Morgan fingerprint density at radius 1 is 1.21 bits per heavy atom. The highest BCUT2D eigenvalue weighted by Gasteiger charge is 2.37. The minimum Gasteiger partial charge on any atom is -0.325 e. The number of nitrogens with zero attached hydrogens (tertiary/aromatic N) is 2. The molecule has 2 amide bonds. The van der Waals surface area contributed by atoms with Gasteiger partial charge >= 0.3 is 0 Å². The van der Waals surface area contributed by atoms with Crippen LogP contribution < -0.4 is 10.2 Å². The van der Waals surface area contributed by atoms with Crippen molar-refractivity contribution in [3.63, 3.8) is 0 Å². The van der Waals surface area contributed by atoms with Crippen molar-refractivity contribution in [1.29, 1.82) is 0 Å². The first-order valence-electron chi connectivity index (χ1n) is 9.90. The third-order valence-corrected chi connectivity index (χ3v) is 5.47. The van der Waals surface area contributed by atoms with E-state index in [0.29, 0.717) is 11.6 Å². The van der Waals surface area contributed by atoms with Gasteiger partial charge in [0, 0.05) is 11.4 Å². The molecule has 2 aromatic rings. The lowest BCUT2D eigenvalue weighted by molar-refractivity contribution is -0.122. The molecule has 1 aliphatic heterocycles. The summed E-state index contributed by atoms with van der Waals surface area (Å²) in [6.07, 6.45) is 2.63. The lowest BCUT2D eigenvalue weighted by Gasteiger charge is -2.24. The normalized spacial score (nSPS) is 18.4. The average molecular weight is 375 g/mol. The summed E-state index contributed by atoms with van der Waals surface area (Å²) >= 11 is 0. The molecule has 1 heterocycles. The Morgan fingerprint density at radius 3 is 2.86 bits per heavy atom. The van der Waals surface area contributed by atoms with Crippen LogP contribution >= 0.6 is 0 Å². The highest BCUT2D eigenvalue weighted by Crippen LogP contribution is 2.37. The van der Waals surface area contributed by atoms with Crippen molar-refractivity contribution in [3.05, 3.63) is 54.1 Å². The van der Waals surface area contributed by atoms with Crippen molar-refractivity contribution in [1.82, 2.24) is 0 Å². The predicted octanol–water partition coefficient (Wildman–Crippen LogP) is 4.67. The molecular formula is C23H25N3O2. The van der Waals surface area contributed by atoms with Crippen molar-refractivity contribution >= 4 is 34.6 Å². The van der Waals surface area contributed by atoms with E-state index < -0.39 is 0 Å². The fourth-order valence-electron chi connectivity index (χ4n) is 3.96. The smallest absolute Gasteiger partial charge is 0.244 e. The Hall–Kier alpha value is -2.95. The molecule has 1 aliphatic carbocycles. The Labute approximate surface area is 165 Å². The van der Waals surface area contributed by atoms with Crippen LogP contribution in [0.25, 0.3) is 0 Å². The highest BCUT2D eigenvalue weighted by molar-refractivity contribution is 6.16. The van der Waals surface area contributed by atoms with Crippen LogP contribution in [0.1, 0.15) is 44.6 Å². The molecule has 1 atom stereocenters. The summed E-state index contributed by atoms with van der Waals surface area (Å²) in [7, 11) is 0. The Morgan fingerprint density at radius 2 is 2.04 bits per heavy atom. The first kappa shape index (κ1) is 18.4. The van der Waals surface area contributed by atoms with E-state index in [1.807, 2.05) is 48.5 Å². The largest absolute Gasteiger partial charge is 0.325 e. The SMILES string of the molecule is CC(C)c1cccc(NC(=O)CN2C(=O)[C@H]3CCCC3=Nc3ccccc32)c1. The molecule has 28 heavy (non-hydrogen) atoms. The number of hydrogen-bond donors (Lipinski definition) is 1. The summed E-state index contributed by atoms with van der Waals surface area (Å²) in [5.41, 5.74) is 4.35. The second-order valence-electron chi connectivity index (χ2n) is 7.79. The van der Waals surface area contributed by atoms with Crippen LogP contribution in [0.4, 0.5) is 17.1 Å². The van der Waals surface area contributed by atoms with Gasteiger partial charge in [-0.25, -0.2) is 0 Å². The first-order chi connectivity index (χ1) is 13.5. The highest BCUT2D eigenvalue weighted by atomic mass is 16.2. The zero-order valence-electron chi connectivity index (χ0n) is 16.3. The van der Waals surface area contributed by atoms with Crippen molar-refractivity contribution in [2.24, 2.45) is 10.9 Å². The Kier molecular flexibility index (Phi) is 4.99. The quantitative estimate of drug-likeness (QED) is 0.844. The van der Waals surface area contributed by atoms with Gasteiger partial charge in [-0.3, -0.25) is 14.6 Å². The second-order valence-corrected chi connectivity index (χ2v) is 7.79. The molecule has 2 aromatic carbocycles. The third-order valence-electron chi connectivity index (χ3n) is 5.47. The van der Waals surface area contributed by atoms with Gasteiger partial charge in [0.25, 0.3) is 0 Å². The lowest BCUT2D eigenvalue weighted by atomic mass is 10.0. The first-order valence-corrected chi connectivity index (χ1v) is 9.90. The van der Waals surface area contributed by atoms with Gasteiger partial charge in [0.05, 0.1) is 17.3 Å². The Balaban J connectivity index is 1.57. The molecule has 144 valence electrons. The van der Waals surface area contributed by atoms with Crippen molar-refractivity contribution in [2.75, 3.05) is 16.8 Å². The average Bonchev–Trinajstić information content (AvgIpc) is 3.11. The van der Waals surface area contributed by atoms with Gasteiger partial charge < -0.3 is 10.2 Å². The van der Waals surface area contributed by atoms with Crippen LogP contribution in [0.15, 0.2) is 53.5 Å². The number of fused-ring (bicyclic) bond motifs is 2. The maximum atomic E-state index is 13.2. The standard InChI is InChI=1S/C23H25N3O2/c1-15(2)16-7-5-8-17(13-16)24-22(27)14-26-21-12-4-3-10-20(21)25-19-11-6-9-18(19)23(26)28/h3-5,7-8,10,12-13,15,18H,6,9,11,14H2,1-2H3,(H,24,27)/t18-/m0/s1. The van der Waals surface area contributed by atoms with E-state index in [1.54, 1.807) is 4.90 Å². The molecule has 5 heteroatoms. The van der Waals surface area contributed by atoms with Crippen LogP contribution in [-0.4, -0.2) is 24.1 Å². The van der Waals surface area contributed by atoms with E-state index in [4.69, 9.17) is 4.99 Å². The second kappa shape index (κ2) is 7.58. The maximum absolute atomic E-state index is 13.2. The number of carbonyl (C=O) groups is 2. The van der Waals surface area contributed by atoms with Gasteiger partial charge in [0.15, 0.2) is 0 Å². The molecular weight excluding hydrogens is 350 g/mol. The molecule has 4 rings (SSSR count). The molecule has 0 unspecified atom stereocenters. The van der Waals surface area contributed by atoms with Crippen LogP contribution in [0.3, 0.4) is 0 Å². The number of nitrogens with one attached hydrogen (secondary N) is 1. The van der Waals surface area contributed by atoms with Gasteiger partial charge in [-0.2, -0.15) is 0 Å². The summed E-state index contributed by atoms with van der Waals surface area (Å²) in [6.45, 7) is 4.22. The van der Waals surface area contributed by atoms with E-state index in [2.05, 4.69) is 19.2 Å². The number of rotatable bonds is 4. The van der Waals surface area contributed by atoms with Crippen molar-refractivity contribution in [2.45, 2.75) is 39.0 Å². The minimum atomic E-state index is -0.204. The van der Waals surface area contributed by atoms with E-state index in [-0.39, 0.29) is 24.3 Å². The van der Waals surface area contributed by atoms with Gasteiger partial charge in [0.2, 0.25) is 11.8 Å². The van der Waals surface area contributed by atoms with E-state index in [9.17, 15) is 9.59 Å². The summed E-state index contributed by atoms with van der Waals surface area (Å²) in [5.74, 6) is -0.0453. The summed E-state index contributed by atoms with van der Waals surface area (Å²) in [6, 6.07) is 15.4. The zero-order valence-corrected chi connectivity index (χ0v) is 16.3. The topological polar surface area (TPSA) is 61.8 Å². The van der Waals surface area contributed by atoms with E-state index in [1.165, 1.54) is 0 Å². The summed E-state index contributed by atoms with van der Waals surface area (Å²) in [5, 5.41) is 2.95. The third kappa shape index (κ3) is 3.57. The van der Waals surface area contributed by atoms with Crippen molar-refractivity contribution < 1.29 is 9.59 Å². The van der Waals surface area contributed by atoms with Gasteiger partial charge in [-0.15, -0.1) is 0 Å². The zero-order chi connectivity index (χ0) is 19.7. The molecule has 0 radical (unpaired) electrons. The monoisotopic (exact) mass is 375 g/mol. The molecule has 0 bridgehead atoms. The number of carbonyl (C=O) groups excluding carboxylic acids is 2. The maximum Gasteiger partial charge on any atom is 0.244 e. The Bertz CT molecular complexity index is 948. The molecule has 1 saturated carbocycles. The lowest BCUT2D eigenvalue weighted by Crippen LogP contribution is -2.41. The number of anilines is 2. The van der Waals surface area contributed by atoms with Crippen molar-refractivity contribution in [3.8, 4) is 0 Å². The predicted molar refractivity (Wildman–Crippen MR) is 112 cm³/mol. The molecule has 0 saturated heterocycles. The minimum absolute atomic E-state index is 0.0128. The van der Waals surface area contributed by atoms with Crippen LogP contribution in [-0.2, 0) is 9.59 Å². The van der Waals surface area contributed by atoms with Crippen LogP contribution in [0, 0.1) is 5.92 Å². The van der Waals surface area contributed by atoms with Gasteiger partial charge in [-0.1, -0.05) is 38.1 Å². The number of para-hydroxylation sites is 2. The molecule has 1 N–H and O–H groups in total. The molecule has 0 spiro atoms. The van der Waals surface area contributed by atoms with Crippen LogP contribution in [0.2, 0.25) is 0 Å². The molecule has 2 aliphatic rings. The van der Waals surface area contributed by atoms with E-state index in [0.717, 1.165) is 41.9 Å². The molecule has 0 aromatic heterocycles. The molecule has 5 nitrogen and oxygen atoms in total. The fourth-order valence-corrected chi connectivity index (χ4v) is 3.96. The number of amides is 2.